The van der Waals surface area contributed by atoms with E-state index in [4.69, 9.17) is 4.74 Å². The first kappa shape index (κ1) is 25.9. The van der Waals surface area contributed by atoms with Crippen LogP contribution in [0.5, 0.6) is 0 Å². The van der Waals surface area contributed by atoms with Crippen LogP contribution in [0, 0.1) is 0 Å². The molecule has 8 heteroatoms. The summed E-state index contributed by atoms with van der Waals surface area (Å²) in [5.74, 6) is -0.555. The molecule has 3 aromatic carbocycles. The van der Waals surface area contributed by atoms with Crippen molar-refractivity contribution < 1.29 is 19.1 Å². The molecular formula is C29H32N4O4. The number of nitrogens with one attached hydrogen (secondary N) is 4. The van der Waals surface area contributed by atoms with Crippen LogP contribution in [0.25, 0.3) is 0 Å². The second kappa shape index (κ2) is 12.7. The number of rotatable bonds is 10. The Morgan fingerprint density at radius 3 is 2.16 bits per heavy atom. The smallest absolute Gasteiger partial charge is 0.251 e. The number of amides is 3. The van der Waals surface area contributed by atoms with Gasteiger partial charge in [-0.2, -0.15) is 0 Å². The van der Waals surface area contributed by atoms with Crippen molar-refractivity contribution in [1.82, 2.24) is 10.6 Å². The second-order valence-electron chi connectivity index (χ2n) is 9.01. The standard InChI is InChI=1S/C29H32N4O4/c1-20(21-6-3-2-4-7-21)32-29(36)23-9-13-24(14-10-23)30-19-27(34)33-25-15-11-22(12-16-25)28(35)31-18-26-8-5-17-37-26/h2-4,6-7,9-16,20,26,30H,5,8,17-19H2,1H3,(H,31,35)(H,32,36)(H,33,34). The first-order valence-corrected chi connectivity index (χ1v) is 12.5. The number of benzene rings is 3. The van der Waals surface area contributed by atoms with Crippen molar-refractivity contribution in [2.75, 3.05) is 30.3 Å². The number of anilines is 2. The van der Waals surface area contributed by atoms with E-state index >= 15 is 0 Å². The molecule has 1 heterocycles. The van der Waals surface area contributed by atoms with Gasteiger partial charge in [0.05, 0.1) is 18.7 Å². The fourth-order valence-corrected chi connectivity index (χ4v) is 4.05. The lowest BCUT2D eigenvalue weighted by molar-refractivity contribution is -0.114. The second-order valence-corrected chi connectivity index (χ2v) is 9.01. The summed E-state index contributed by atoms with van der Waals surface area (Å²) in [5, 5.41) is 11.7. The third-order valence-electron chi connectivity index (χ3n) is 6.19. The van der Waals surface area contributed by atoms with Gasteiger partial charge in [0.15, 0.2) is 0 Å². The molecule has 4 rings (SSSR count). The van der Waals surface area contributed by atoms with Crippen LogP contribution in [0.15, 0.2) is 78.9 Å². The van der Waals surface area contributed by atoms with E-state index in [9.17, 15) is 14.4 Å². The molecule has 1 fully saturated rings. The summed E-state index contributed by atoms with van der Waals surface area (Å²) in [6.45, 7) is 3.25. The van der Waals surface area contributed by atoms with Gasteiger partial charge in [0.2, 0.25) is 5.91 Å². The maximum Gasteiger partial charge on any atom is 0.251 e. The zero-order valence-corrected chi connectivity index (χ0v) is 20.8. The summed E-state index contributed by atoms with van der Waals surface area (Å²) in [7, 11) is 0. The highest BCUT2D eigenvalue weighted by molar-refractivity contribution is 5.97. The lowest BCUT2D eigenvalue weighted by Gasteiger charge is -2.14. The Labute approximate surface area is 216 Å². The Bertz CT molecular complexity index is 1190. The molecule has 0 aromatic heterocycles. The van der Waals surface area contributed by atoms with Gasteiger partial charge in [-0.3, -0.25) is 14.4 Å². The first-order valence-electron chi connectivity index (χ1n) is 12.5. The molecule has 8 nitrogen and oxygen atoms in total. The highest BCUT2D eigenvalue weighted by atomic mass is 16.5. The average Bonchev–Trinajstić information content (AvgIpc) is 3.45. The van der Waals surface area contributed by atoms with Gasteiger partial charge in [0.1, 0.15) is 0 Å². The lowest BCUT2D eigenvalue weighted by atomic mass is 10.1. The van der Waals surface area contributed by atoms with Crippen LogP contribution in [-0.4, -0.2) is 43.5 Å². The molecule has 0 bridgehead atoms. The van der Waals surface area contributed by atoms with Crippen LogP contribution in [0.1, 0.15) is 52.1 Å². The van der Waals surface area contributed by atoms with Gasteiger partial charge in [0, 0.05) is 35.7 Å². The van der Waals surface area contributed by atoms with Crippen molar-refractivity contribution in [2.45, 2.75) is 31.9 Å². The van der Waals surface area contributed by atoms with E-state index in [1.54, 1.807) is 48.5 Å². The number of hydrogen-bond donors (Lipinski definition) is 4. The van der Waals surface area contributed by atoms with Crippen LogP contribution in [0.4, 0.5) is 11.4 Å². The van der Waals surface area contributed by atoms with Gasteiger partial charge in [0.25, 0.3) is 11.8 Å². The van der Waals surface area contributed by atoms with E-state index < -0.39 is 0 Å². The summed E-state index contributed by atoms with van der Waals surface area (Å²) in [6.07, 6.45) is 2.08. The summed E-state index contributed by atoms with van der Waals surface area (Å²) in [4.78, 5) is 37.2. The number of carbonyl (C=O) groups excluding carboxylic acids is 3. The molecule has 3 aromatic rings. The molecule has 192 valence electrons. The Morgan fingerprint density at radius 2 is 1.51 bits per heavy atom. The molecule has 0 spiro atoms. The van der Waals surface area contributed by atoms with Gasteiger partial charge in [-0.15, -0.1) is 0 Å². The molecule has 4 N–H and O–H groups in total. The summed E-state index contributed by atoms with van der Waals surface area (Å²) >= 11 is 0. The van der Waals surface area contributed by atoms with Crippen molar-refractivity contribution in [3.8, 4) is 0 Å². The van der Waals surface area contributed by atoms with Gasteiger partial charge in [-0.1, -0.05) is 30.3 Å². The van der Waals surface area contributed by atoms with Gasteiger partial charge < -0.3 is 26.0 Å². The Kier molecular flexibility index (Phi) is 8.89. The van der Waals surface area contributed by atoms with Crippen LogP contribution in [0.2, 0.25) is 0 Å². The van der Waals surface area contributed by atoms with E-state index in [2.05, 4.69) is 21.3 Å². The minimum absolute atomic E-state index is 0.0558. The molecular weight excluding hydrogens is 468 g/mol. The molecule has 1 aliphatic rings. The lowest BCUT2D eigenvalue weighted by Crippen LogP contribution is -2.31. The van der Waals surface area contributed by atoms with E-state index in [0.29, 0.717) is 23.4 Å². The third-order valence-corrected chi connectivity index (χ3v) is 6.19. The highest BCUT2D eigenvalue weighted by Crippen LogP contribution is 2.15. The Morgan fingerprint density at radius 1 is 0.865 bits per heavy atom. The highest BCUT2D eigenvalue weighted by Gasteiger charge is 2.17. The third kappa shape index (κ3) is 7.65. The van der Waals surface area contributed by atoms with Crippen LogP contribution < -0.4 is 21.3 Å². The number of carbonyl (C=O) groups is 3. The first-order chi connectivity index (χ1) is 18.0. The molecule has 1 saturated heterocycles. The minimum atomic E-state index is -0.228. The largest absolute Gasteiger partial charge is 0.376 e. The quantitative estimate of drug-likeness (QED) is 0.335. The van der Waals surface area contributed by atoms with Gasteiger partial charge in [-0.25, -0.2) is 0 Å². The topological polar surface area (TPSA) is 109 Å². The summed E-state index contributed by atoms with van der Waals surface area (Å²) in [6, 6.07) is 23.4. The molecule has 3 amide bonds. The van der Waals surface area contributed by atoms with Crippen LogP contribution >= 0.6 is 0 Å². The normalized spacial score (nSPS) is 15.4. The molecule has 0 radical (unpaired) electrons. The maximum atomic E-state index is 12.5. The van der Waals surface area contributed by atoms with Gasteiger partial charge >= 0.3 is 0 Å². The van der Waals surface area contributed by atoms with E-state index in [1.165, 1.54) is 0 Å². The van der Waals surface area contributed by atoms with Crippen molar-refractivity contribution in [2.24, 2.45) is 0 Å². The fraction of sp³-hybridized carbons (Fsp3) is 0.276. The van der Waals surface area contributed by atoms with Crippen molar-refractivity contribution in [1.29, 1.82) is 0 Å². The predicted octanol–water partition coefficient (Wildman–Crippen LogP) is 4.14. The number of ether oxygens (including phenoxy) is 1. The van der Waals surface area contributed by atoms with Crippen molar-refractivity contribution >= 4 is 29.1 Å². The van der Waals surface area contributed by atoms with E-state index in [1.807, 2.05) is 37.3 Å². The molecule has 0 aliphatic carbocycles. The van der Waals surface area contributed by atoms with E-state index in [0.717, 1.165) is 30.7 Å². The molecule has 2 unspecified atom stereocenters. The fourth-order valence-electron chi connectivity index (χ4n) is 4.05. The Hall–Kier alpha value is -4.17. The SMILES string of the molecule is CC(NC(=O)c1ccc(NCC(=O)Nc2ccc(C(=O)NCC3CCCO3)cc2)cc1)c1ccccc1. The van der Waals surface area contributed by atoms with Crippen LogP contribution in [-0.2, 0) is 9.53 Å². The minimum Gasteiger partial charge on any atom is -0.376 e. The molecule has 0 saturated carbocycles. The molecule has 37 heavy (non-hydrogen) atoms. The monoisotopic (exact) mass is 500 g/mol. The van der Waals surface area contributed by atoms with Gasteiger partial charge in [-0.05, 0) is 73.9 Å². The zero-order valence-electron chi connectivity index (χ0n) is 20.8. The number of hydrogen-bond acceptors (Lipinski definition) is 5. The maximum absolute atomic E-state index is 12.5. The average molecular weight is 501 g/mol. The van der Waals surface area contributed by atoms with Crippen molar-refractivity contribution in [3.63, 3.8) is 0 Å². The summed E-state index contributed by atoms with van der Waals surface area (Å²) < 4.78 is 5.52. The molecule has 2 atom stereocenters. The predicted molar refractivity (Wildman–Crippen MR) is 144 cm³/mol. The molecule has 1 aliphatic heterocycles. The van der Waals surface area contributed by atoms with Crippen molar-refractivity contribution in [3.05, 3.63) is 95.6 Å². The zero-order chi connectivity index (χ0) is 26.0. The van der Waals surface area contributed by atoms with Crippen LogP contribution in [0.3, 0.4) is 0 Å². The van der Waals surface area contributed by atoms with E-state index in [-0.39, 0.29) is 36.4 Å². The Balaban J connectivity index is 1.20. The summed E-state index contributed by atoms with van der Waals surface area (Å²) in [5.41, 5.74) is 3.42.